The standard InChI is InChI=1S/C20H13IN2S/c1-13-4-2-5-16-17-6-3-7-18(20(17)24-19(13)16)23(21)15-10-8-14(12-22)9-11-15/h2-11H,1H3. The van der Waals surface area contributed by atoms with E-state index in [9.17, 15) is 0 Å². The number of aryl methyl sites for hydroxylation is 1. The first-order chi connectivity index (χ1) is 11.7. The van der Waals surface area contributed by atoms with Gasteiger partial charge in [0.05, 0.1) is 50.6 Å². The normalized spacial score (nSPS) is 10.9. The Morgan fingerprint density at radius 2 is 1.58 bits per heavy atom. The lowest BCUT2D eigenvalue weighted by Crippen LogP contribution is -2.00. The molecule has 0 bridgehead atoms. The largest absolute Gasteiger partial charge is 0.282 e. The Balaban J connectivity index is 1.91. The van der Waals surface area contributed by atoms with Gasteiger partial charge in [0.2, 0.25) is 0 Å². The monoisotopic (exact) mass is 440 g/mol. The van der Waals surface area contributed by atoms with Gasteiger partial charge in [-0.15, -0.1) is 11.3 Å². The zero-order valence-electron chi connectivity index (χ0n) is 13.0. The van der Waals surface area contributed by atoms with Crippen LogP contribution in [0.1, 0.15) is 11.1 Å². The van der Waals surface area contributed by atoms with Crippen molar-refractivity contribution in [2.45, 2.75) is 6.92 Å². The van der Waals surface area contributed by atoms with E-state index in [0.717, 1.165) is 5.69 Å². The van der Waals surface area contributed by atoms with Crippen LogP contribution in [0.5, 0.6) is 0 Å². The summed E-state index contributed by atoms with van der Waals surface area (Å²) in [6, 6.07) is 22.8. The summed E-state index contributed by atoms with van der Waals surface area (Å²) in [5, 5.41) is 11.6. The van der Waals surface area contributed by atoms with Crippen molar-refractivity contribution in [3.8, 4) is 6.07 Å². The molecule has 4 aromatic rings. The van der Waals surface area contributed by atoms with E-state index in [1.54, 1.807) is 0 Å². The number of halogens is 1. The average molecular weight is 440 g/mol. The molecule has 24 heavy (non-hydrogen) atoms. The predicted molar refractivity (Wildman–Crippen MR) is 111 cm³/mol. The highest BCUT2D eigenvalue weighted by Gasteiger charge is 2.14. The summed E-state index contributed by atoms with van der Waals surface area (Å²) in [5.74, 6) is 0. The van der Waals surface area contributed by atoms with Gasteiger partial charge in [-0.2, -0.15) is 5.26 Å². The maximum absolute atomic E-state index is 8.97. The number of benzene rings is 3. The average Bonchev–Trinajstić information content (AvgIpc) is 3.01. The van der Waals surface area contributed by atoms with Crippen LogP contribution in [0.2, 0.25) is 0 Å². The SMILES string of the molecule is Cc1cccc2c1sc1c(N(I)c3ccc(C#N)cc3)cccc12. The molecular weight excluding hydrogens is 427 g/mol. The van der Waals surface area contributed by atoms with Crippen molar-refractivity contribution in [3.63, 3.8) is 0 Å². The smallest absolute Gasteiger partial charge is 0.0991 e. The molecular formula is C20H13IN2S. The summed E-state index contributed by atoms with van der Waals surface area (Å²) >= 11 is 4.18. The van der Waals surface area contributed by atoms with E-state index in [0.29, 0.717) is 5.56 Å². The van der Waals surface area contributed by atoms with E-state index < -0.39 is 0 Å². The third-order valence-corrected chi connectivity index (χ3v) is 6.59. The molecule has 0 amide bonds. The minimum absolute atomic E-state index is 0.680. The number of hydrogen-bond donors (Lipinski definition) is 0. The minimum Gasteiger partial charge on any atom is -0.282 e. The molecule has 1 aromatic heterocycles. The van der Waals surface area contributed by atoms with Crippen LogP contribution < -0.4 is 3.11 Å². The summed E-state index contributed by atoms with van der Waals surface area (Å²) in [5.41, 5.74) is 4.24. The number of nitrogens with zero attached hydrogens (tertiary/aromatic N) is 2. The molecule has 0 saturated heterocycles. The third-order valence-electron chi connectivity index (χ3n) is 4.14. The Morgan fingerprint density at radius 3 is 2.29 bits per heavy atom. The van der Waals surface area contributed by atoms with Gasteiger partial charge in [-0.3, -0.25) is 3.11 Å². The zero-order valence-corrected chi connectivity index (χ0v) is 15.9. The summed E-state index contributed by atoms with van der Waals surface area (Å²) < 4.78 is 4.80. The molecule has 0 spiro atoms. The van der Waals surface area contributed by atoms with Gasteiger partial charge < -0.3 is 0 Å². The van der Waals surface area contributed by atoms with Crippen LogP contribution in [0.15, 0.2) is 60.7 Å². The molecule has 0 N–H and O–H groups in total. The Labute approximate surface area is 158 Å². The van der Waals surface area contributed by atoms with Gasteiger partial charge in [0.25, 0.3) is 0 Å². The molecule has 0 radical (unpaired) electrons. The van der Waals surface area contributed by atoms with Gasteiger partial charge in [-0.05, 0) is 42.8 Å². The molecule has 1 heterocycles. The highest BCUT2D eigenvalue weighted by molar-refractivity contribution is 14.1. The zero-order chi connectivity index (χ0) is 16.7. The fourth-order valence-electron chi connectivity index (χ4n) is 2.91. The van der Waals surface area contributed by atoms with Gasteiger partial charge in [0, 0.05) is 15.5 Å². The van der Waals surface area contributed by atoms with Crippen LogP contribution in [-0.4, -0.2) is 0 Å². The van der Waals surface area contributed by atoms with Crippen LogP contribution in [0.4, 0.5) is 11.4 Å². The first-order valence-corrected chi connectivity index (χ1v) is 9.34. The molecule has 4 rings (SSSR count). The van der Waals surface area contributed by atoms with Crippen molar-refractivity contribution in [1.29, 1.82) is 5.26 Å². The number of nitriles is 1. The lowest BCUT2D eigenvalue weighted by atomic mass is 10.1. The quantitative estimate of drug-likeness (QED) is 0.256. The van der Waals surface area contributed by atoms with Gasteiger partial charge >= 0.3 is 0 Å². The number of rotatable bonds is 2. The Bertz CT molecular complexity index is 1090. The van der Waals surface area contributed by atoms with Gasteiger partial charge in [0.15, 0.2) is 0 Å². The molecule has 0 unspecified atom stereocenters. The second kappa shape index (κ2) is 6.08. The molecule has 4 heteroatoms. The van der Waals surface area contributed by atoms with Crippen LogP contribution in [0.25, 0.3) is 20.2 Å². The Kier molecular flexibility index (Phi) is 3.91. The summed E-state index contributed by atoms with van der Waals surface area (Å²) in [4.78, 5) is 0. The molecule has 2 nitrogen and oxygen atoms in total. The highest BCUT2D eigenvalue weighted by atomic mass is 127. The molecule has 0 fully saturated rings. The van der Waals surface area contributed by atoms with Crippen molar-refractivity contribution in [1.82, 2.24) is 0 Å². The number of anilines is 2. The van der Waals surface area contributed by atoms with Crippen LogP contribution >= 0.6 is 34.2 Å². The highest BCUT2D eigenvalue weighted by Crippen LogP contribution is 2.43. The van der Waals surface area contributed by atoms with Crippen molar-refractivity contribution in [2.24, 2.45) is 0 Å². The summed E-state index contributed by atoms with van der Waals surface area (Å²) in [7, 11) is 0. The number of thiophene rings is 1. The fourth-order valence-corrected chi connectivity index (χ4v) is 5.07. The molecule has 3 aromatic carbocycles. The van der Waals surface area contributed by atoms with Crippen molar-refractivity contribution >= 4 is 65.7 Å². The second-order valence-electron chi connectivity index (χ2n) is 5.65. The van der Waals surface area contributed by atoms with Crippen molar-refractivity contribution in [2.75, 3.05) is 3.11 Å². The predicted octanol–water partition coefficient (Wildman–Crippen LogP) is 6.72. The summed E-state index contributed by atoms with van der Waals surface area (Å²) in [6.45, 7) is 2.17. The molecule has 0 aliphatic carbocycles. The maximum Gasteiger partial charge on any atom is 0.0991 e. The van der Waals surface area contributed by atoms with Crippen molar-refractivity contribution in [3.05, 3.63) is 71.8 Å². The molecule has 0 saturated carbocycles. The first kappa shape index (κ1) is 15.4. The Hall–Kier alpha value is -2.10. The van der Waals surface area contributed by atoms with E-state index >= 15 is 0 Å². The van der Waals surface area contributed by atoms with E-state index in [-0.39, 0.29) is 0 Å². The van der Waals surface area contributed by atoms with Gasteiger partial charge in [0.1, 0.15) is 0 Å². The fraction of sp³-hybridized carbons (Fsp3) is 0.0500. The van der Waals surface area contributed by atoms with Gasteiger partial charge in [-0.25, -0.2) is 0 Å². The third kappa shape index (κ3) is 2.45. The topological polar surface area (TPSA) is 27.0 Å². The van der Waals surface area contributed by atoms with E-state index in [2.05, 4.69) is 75.4 Å². The lowest BCUT2D eigenvalue weighted by Gasteiger charge is -2.17. The van der Waals surface area contributed by atoms with Gasteiger partial charge in [-0.1, -0.05) is 30.3 Å². The minimum atomic E-state index is 0.680. The molecule has 0 aliphatic heterocycles. The van der Waals surface area contributed by atoms with E-state index in [1.807, 2.05) is 35.6 Å². The van der Waals surface area contributed by atoms with Crippen LogP contribution in [0.3, 0.4) is 0 Å². The second-order valence-corrected chi connectivity index (χ2v) is 7.63. The number of hydrogen-bond acceptors (Lipinski definition) is 3. The molecule has 0 atom stereocenters. The first-order valence-electron chi connectivity index (χ1n) is 7.56. The van der Waals surface area contributed by atoms with Crippen molar-refractivity contribution < 1.29 is 0 Å². The van der Waals surface area contributed by atoms with Crippen LogP contribution in [-0.2, 0) is 0 Å². The lowest BCUT2D eigenvalue weighted by molar-refractivity contribution is 1.46. The Morgan fingerprint density at radius 1 is 0.917 bits per heavy atom. The number of fused-ring (bicyclic) bond motifs is 3. The maximum atomic E-state index is 8.97. The van der Waals surface area contributed by atoms with E-state index in [1.165, 1.54) is 31.4 Å². The molecule has 116 valence electrons. The van der Waals surface area contributed by atoms with Crippen LogP contribution in [0, 0.1) is 18.3 Å². The molecule has 0 aliphatic rings. The summed E-state index contributed by atoms with van der Waals surface area (Å²) in [6.07, 6.45) is 0. The van der Waals surface area contributed by atoms with E-state index in [4.69, 9.17) is 5.26 Å².